The van der Waals surface area contributed by atoms with E-state index in [9.17, 15) is 27.6 Å². The Balaban J connectivity index is 1.40. The molecule has 1 aromatic rings. The molecule has 1 aliphatic heterocycles. The molecule has 4 atom stereocenters. The lowest BCUT2D eigenvalue weighted by Gasteiger charge is -2.17. The fourth-order valence-electron chi connectivity index (χ4n) is 4.45. The van der Waals surface area contributed by atoms with Crippen molar-refractivity contribution in [1.82, 2.24) is 4.90 Å². The molecule has 1 N–H and O–H groups in total. The highest BCUT2D eigenvalue weighted by molar-refractivity contribution is 6.06. The quantitative estimate of drug-likeness (QED) is 0.647. The Hall–Kier alpha value is -2.64. The van der Waals surface area contributed by atoms with Crippen molar-refractivity contribution in [1.29, 1.82) is 0 Å². The molecule has 3 aliphatic rings. The molecule has 0 aromatic heterocycles. The second kappa shape index (κ2) is 6.21. The summed E-state index contributed by atoms with van der Waals surface area (Å²) in [4.78, 5) is 38.3. The lowest BCUT2D eigenvalue weighted by molar-refractivity contribution is -0.141. The molecule has 1 heterocycles. The van der Waals surface area contributed by atoms with Gasteiger partial charge in [-0.2, -0.15) is 13.2 Å². The Morgan fingerprint density at radius 1 is 1.07 bits per heavy atom. The van der Waals surface area contributed by atoms with Gasteiger partial charge in [-0.25, -0.2) is 0 Å². The van der Waals surface area contributed by atoms with Crippen molar-refractivity contribution >= 4 is 23.4 Å². The molecule has 27 heavy (non-hydrogen) atoms. The van der Waals surface area contributed by atoms with E-state index in [1.165, 1.54) is 18.2 Å². The second-order valence-electron chi connectivity index (χ2n) is 7.17. The second-order valence-corrected chi connectivity index (χ2v) is 7.17. The number of fused-ring (bicyclic) bond motifs is 5. The van der Waals surface area contributed by atoms with Gasteiger partial charge in [0.2, 0.25) is 17.7 Å². The van der Waals surface area contributed by atoms with Crippen molar-refractivity contribution in [3.05, 3.63) is 42.0 Å². The zero-order valence-corrected chi connectivity index (χ0v) is 14.2. The molecule has 0 unspecified atom stereocenters. The van der Waals surface area contributed by atoms with Crippen molar-refractivity contribution < 1.29 is 27.6 Å². The molecule has 0 radical (unpaired) electrons. The van der Waals surface area contributed by atoms with E-state index in [4.69, 9.17) is 0 Å². The van der Waals surface area contributed by atoms with Crippen LogP contribution in [0, 0.1) is 23.7 Å². The SMILES string of the molecule is O=C(CCN1C(=O)[C@@H]2[C@H](C1=O)[C@H]1C=C[C@@H]2C1)Nc1ccccc1C(F)(F)F. The first-order chi connectivity index (χ1) is 12.8. The van der Waals surface area contributed by atoms with Crippen LogP contribution in [0.5, 0.6) is 0 Å². The van der Waals surface area contributed by atoms with Gasteiger partial charge in [-0.1, -0.05) is 24.3 Å². The standard InChI is InChI=1S/C19H17F3N2O3/c20-19(21,22)12-3-1-2-4-13(12)23-14(25)7-8-24-17(26)15-10-5-6-11(9-10)16(15)18(24)27/h1-6,10-11,15-16H,7-9H2,(H,23,25)/t10-,11+,15+,16-. The highest BCUT2D eigenvalue weighted by atomic mass is 19.4. The third-order valence-electron chi connectivity index (χ3n) is 5.63. The molecule has 0 spiro atoms. The number of para-hydroxylation sites is 1. The van der Waals surface area contributed by atoms with Crippen LogP contribution in [0.25, 0.3) is 0 Å². The molecule has 3 amide bonds. The Morgan fingerprint density at radius 3 is 2.26 bits per heavy atom. The van der Waals surface area contributed by atoms with Gasteiger partial charge < -0.3 is 5.32 Å². The molecular formula is C19H17F3N2O3. The summed E-state index contributed by atoms with van der Waals surface area (Å²) in [5, 5.41) is 2.23. The third-order valence-corrected chi connectivity index (χ3v) is 5.63. The van der Waals surface area contributed by atoms with Crippen LogP contribution in [-0.4, -0.2) is 29.2 Å². The normalized spacial score (nSPS) is 28.8. The number of imide groups is 1. The Labute approximate surface area is 153 Å². The Kier molecular flexibility index (Phi) is 4.09. The number of carbonyl (C=O) groups is 3. The Morgan fingerprint density at radius 2 is 1.67 bits per heavy atom. The van der Waals surface area contributed by atoms with E-state index in [1.807, 2.05) is 12.2 Å². The van der Waals surface area contributed by atoms with Crippen LogP contribution < -0.4 is 5.32 Å². The number of rotatable bonds is 4. The zero-order chi connectivity index (χ0) is 19.3. The first-order valence-electron chi connectivity index (χ1n) is 8.77. The van der Waals surface area contributed by atoms with Gasteiger partial charge in [-0.15, -0.1) is 0 Å². The topological polar surface area (TPSA) is 66.5 Å². The van der Waals surface area contributed by atoms with Gasteiger partial charge in [0.05, 0.1) is 23.1 Å². The van der Waals surface area contributed by atoms with Gasteiger partial charge in [0, 0.05) is 13.0 Å². The lowest BCUT2D eigenvalue weighted by atomic mass is 9.85. The summed E-state index contributed by atoms with van der Waals surface area (Å²) in [5.41, 5.74) is -1.28. The third kappa shape index (κ3) is 2.93. The van der Waals surface area contributed by atoms with E-state index < -0.39 is 17.6 Å². The van der Waals surface area contributed by atoms with E-state index in [2.05, 4.69) is 5.32 Å². The average molecular weight is 378 g/mol. The molecule has 8 heteroatoms. The van der Waals surface area contributed by atoms with Crippen molar-refractivity contribution in [3.63, 3.8) is 0 Å². The number of anilines is 1. The van der Waals surface area contributed by atoms with E-state index >= 15 is 0 Å². The van der Waals surface area contributed by atoms with Gasteiger partial charge in [0.25, 0.3) is 0 Å². The monoisotopic (exact) mass is 378 g/mol. The number of amides is 3. The van der Waals surface area contributed by atoms with Gasteiger partial charge in [0.1, 0.15) is 0 Å². The molecule has 2 fully saturated rings. The smallest absolute Gasteiger partial charge is 0.325 e. The molecule has 4 rings (SSSR count). The molecule has 2 aliphatic carbocycles. The molecule has 1 saturated carbocycles. The fraction of sp³-hybridized carbons (Fsp3) is 0.421. The van der Waals surface area contributed by atoms with E-state index in [0.29, 0.717) is 0 Å². The van der Waals surface area contributed by atoms with Crippen LogP contribution in [0.3, 0.4) is 0 Å². The number of hydrogen-bond donors (Lipinski definition) is 1. The predicted molar refractivity (Wildman–Crippen MR) is 89.1 cm³/mol. The first kappa shape index (κ1) is 17.8. The molecule has 1 aromatic carbocycles. The maximum atomic E-state index is 13.0. The number of halogens is 3. The number of allylic oxidation sites excluding steroid dienone is 2. The maximum Gasteiger partial charge on any atom is 0.418 e. The zero-order valence-electron chi connectivity index (χ0n) is 14.2. The Bertz CT molecular complexity index is 819. The van der Waals surface area contributed by atoms with Crippen molar-refractivity contribution in [2.45, 2.75) is 19.0 Å². The van der Waals surface area contributed by atoms with Gasteiger partial charge in [-0.05, 0) is 30.4 Å². The summed E-state index contributed by atoms with van der Waals surface area (Å²) in [6, 6.07) is 4.68. The minimum absolute atomic E-state index is 0.0777. The number of benzene rings is 1. The predicted octanol–water partition coefficient (Wildman–Crippen LogP) is 2.84. The number of carbonyl (C=O) groups excluding carboxylic acids is 3. The molecule has 2 bridgehead atoms. The summed E-state index contributed by atoms with van der Waals surface area (Å²) >= 11 is 0. The number of alkyl halides is 3. The van der Waals surface area contributed by atoms with E-state index in [1.54, 1.807) is 0 Å². The summed E-state index contributed by atoms with van der Waals surface area (Å²) in [5.74, 6) is -1.76. The summed E-state index contributed by atoms with van der Waals surface area (Å²) < 4.78 is 39.0. The summed E-state index contributed by atoms with van der Waals surface area (Å²) in [6.07, 6.45) is -0.0711. The van der Waals surface area contributed by atoms with Crippen molar-refractivity contribution in [2.75, 3.05) is 11.9 Å². The minimum Gasteiger partial charge on any atom is -0.325 e. The number of nitrogens with one attached hydrogen (secondary N) is 1. The highest BCUT2D eigenvalue weighted by Gasteiger charge is 2.59. The molecular weight excluding hydrogens is 361 g/mol. The van der Waals surface area contributed by atoms with Crippen LogP contribution in [-0.2, 0) is 20.6 Å². The average Bonchev–Trinajstić information content (AvgIpc) is 3.27. The minimum atomic E-state index is -4.59. The number of nitrogens with zero attached hydrogens (tertiary/aromatic N) is 1. The lowest BCUT2D eigenvalue weighted by Crippen LogP contribution is -2.35. The fourth-order valence-corrected chi connectivity index (χ4v) is 4.45. The van der Waals surface area contributed by atoms with Crippen LogP contribution in [0.1, 0.15) is 18.4 Å². The largest absolute Gasteiger partial charge is 0.418 e. The van der Waals surface area contributed by atoms with Crippen LogP contribution >= 0.6 is 0 Å². The number of likely N-dealkylation sites (tertiary alicyclic amines) is 1. The van der Waals surface area contributed by atoms with E-state index in [-0.39, 0.29) is 54.1 Å². The van der Waals surface area contributed by atoms with E-state index in [0.717, 1.165) is 17.4 Å². The van der Waals surface area contributed by atoms with Crippen LogP contribution in [0.15, 0.2) is 36.4 Å². The van der Waals surface area contributed by atoms with Crippen LogP contribution in [0.4, 0.5) is 18.9 Å². The molecule has 1 saturated heterocycles. The number of hydrogen-bond acceptors (Lipinski definition) is 3. The van der Waals surface area contributed by atoms with Crippen molar-refractivity contribution in [2.24, 2.45) is 23.7 Å². The van der Waals surface area contributed by atoms with Crippen LogP contribution in [0.2, 0.25) is 0 Å². The van der Waals surface area contributed by atoms with Gasteiger partial charge in [-0.3, -0.25) is 19.3 Å². The molecule has 5 nitrogen and oxygen atoms in total. The maximum absolute atomic E-state index is 13.0. The molecule has 142 valence electrons. The van der Waals surface area contributed by atoms with Gasteiger partial charge >= 0.3 is 6.18 Å². The summed E-state index contributed by atoms with van der Waals surface area (Å²) in [6.45, 7) is -0.121. The first-order valence-corrected chi connectivity index (χ1v) is 8.77. The summed E-state index contributed by atoms with van der Waals surface area (Å²) in [7, 11) is 0. The van der Waals surface area contributed by atoms with Crippen molar-refractivity contribution in [3.8, 4) is 0 Å². The van der Waals surface area contributed by atoms with Gasteiger partial charge in [0.15, 0.2) is 0 Å². The highest BCUT2D eigenvalue weighted by Crippen LogP contribution is 2.52.